The van der Waals surface area contributed by atoms with Crippen LogP contribution in [0.1, 0.15) is 31.2 Å². The smallest absolute Gasteiger partial charge is 0.319 e. The summed E-state index contributed by atoms with van der Waals surface area (Å²) >= 11 is 0. The molecule has 0 aliphatic carbocycles. The molecule has 3 aromatic rings. The maximum absolute atomic E-state index is 11.9. The summed E-state index contributed by atoms with van der Waals surface area (Å²) in [5, 5.41) is 9.50. The number of carbonyl (C=O) groups excluding carboxylic acids is 1. The first-order chi connectivity index (χ1) is 12.1. The van der Waals surface area contributed by atoms with Crippen molar-refractivity contribution in [2.45, 2.75) is 26.3 Å². The van der Waals surface area contributed by atoms with Crippen LogP contribution >= 0.6 is 0 Å². The summed E-state index contributed by atoms with van der Waals surface area (Å²) in [5.41, 5.74) is 2.42. The van der Waals surface area contributed by atoms with E-state index in [2.05, 4.69) is 25.8 Å². The SMILES string of the molecule is CC(C)c1noc(-c2ccc(NC(=O)NCc3cccnc3)cc2)n1. The van der Waals surface area contributed by atoms with E-state index in [1.54, 1.807) is 24.5 Å². The quantitative estimate of drug-likeness (QED) is 0.742. The van der Waals surface area contributed by atoms with Gasteiger partial charge in [-0.05, 0) is 35.9 Å². The van der Waals surface area contributed by atoms with Gasteiger partial charge >= 0.3 is 6.03 Å². The highest BCUT2D eigenvalue weighted by Gasteiger charge is 2.11. The zero-order chi connectivity index (χ0) is 17.6. The highest BCUT2D eigenvalue weighted by molar-refractivity contribution is 5.89. The molecule has 0 atom stereocenters. The second-order valence-electron chi connectivity index (χ2n) is 5.86. The molecule has 0 spiro atoms. The Hall–Kier alpha value is -3.22. The molecule has 128 valence electrons. The fraction of sp³-hybridized carbons (Fsp3) is 0.222. The lowest BCUT2D eigenvalue weighted by molar-refractivity contribution is 0.251. The van der Waals surface area contributed by atoms with Crippen LogP contribution < -0.4 is 10.6 Å². The Morgan fingerprint density at radius 1 is 1.20 bits per heavy atom. The van der Waals surface area contributed by atoms with Crippen LogP contribution in [0.25, 0.3) is 11.5 Å². The summed E-state index contributed by atoms with van der Waals surface area (Å²) < 4.78 is 5.25. The number of anilines is 1. The standard InChI is InChI=1S/C18H19N5O2/c1-12(2)16-22-17(25-23-16)14-5-7-15(8-6-14)21-18(24)20-11-13-4-3-9-19-10-13/h3-10,12H,11H2,1-2H3,(H2,20,21,24). The Balaban J connectivity index is 1.57. The molecule has 2 aromatic heterocycles. The van der Waals surface area contributed by atoms with Crippen LogP contribution in [0.3, 0.4) is 0 Å². The first kappa shape index (κ1) is 16.6. The molecule has 2 amide bonds. The zero-order valence-corrected chi connectivity index (χ0v) is 14.1. The van der Waals surface area contributed by atoms with Crippen molar-refractivity contribution in [3.05, 3.63) is 60.2 Å². The summed E-state index contributed by atoms with van der Waals surface area (Å²) in [4.78, 5) is 20.3. The summed E-state index contributed by atoms with van der Waals surface area (Å²) in [5.74, 6) is 1.35. The number of benzene rings is 1. The van der Waals surface area contributed by atoms with Crippen molar-refractivity contribution in [3.63, 3.8) is 0 Å². The minimum Gasteiger partial charge on any atom is -0.334 e. The van der Waals surface area contributed by atoms with E-state index in [4.69, 9.17) is 4.52 Å². The van der Waals surface area contributed by atoms with Gasteiger partial charge in [0.1, 0.15) is 0 Å². The van der Waals surface area contributed by atoms with Crippen LogP contribution in [0.15, 0.2) is 53.3 Å². The number of hydrogen-bond donors (Lipinski definition) is 2. The average Bonchev–Trinajstić information content (AvgIpc) is 3.12. The van der Waals surface area contributed by atoms with Gasteiger partial charge in [0, 0.05) is 36.1 Å². The van der Waals surface area contributed by atoms with Crippen LogP contribution in [0, 0.1) is 0 Å². The van der Waals surface area contributed by atoms with Crippen molar-refractivity contribution < 1.29 is 9.32 Å². The molecule has 2 heterocycles. The largest absolute Gasteiger partial charge is 0.334 e. The number of amides is 2. The van der Waals surface area contributed by atoms with Crippen LogP contribution in [0.4, 0.5) is 10.5 Å². The summed E-state index contributed by atoms with van der Waals surface area (Å²) in [7, 11) is 0. The van der Waals surface area contributed by atoms with Crippen molar-refractivity contribution in [2.24, 2.45) is 0 Å². The fourth-order valence-electron chi connectivity index (χ4n) is 2.14. The van der Waals surface area contributed by atoms with E-state index in [0.717, 1.165) is 11.1 Å². The lowest BCUT2D eigenvalue weighted by Crippen LogP contribution is -2.28. The Morgan fingerprint density at radius 3 is 2.64 bits per heavy atom. The molecule has 0 bridgehead atoms. The molecule has 25 heavy (non-hydrogen) atoms. The van der Waals surface area contributed by atoms with Crippen LogP contribution in [-0.4, -0.2) is 21.2 Å². The van der Waals surface area contributed by atoms with E-state index < -0.39 is 0 Å². The van der Waals surface area contributed by atoms with E-state index in [1.165, 1.54) is 0 Å². The third kappa shape index (κ3) is 4.41. The molecule has 0 saturated heterocycles. The summed E-state index contributed by atoms with van der Waals surface area (Å²) in [6, 6.07) is 10.7. The average molecular weight is 337 g/mol. The minimum atomic E-state index is -0.281. The van der Waals surface area contributed by atoms with Crippen LogP contribution in [0.5, 0.6) is 0 Å². The predicted molar refractivity (Wildman–Crippen MR) is 93.9 cm³/mol. The Labute approximate surface area is 145 Å². The molecule has 0 aliphatic heterocycles. The van der Waals surface area contributed by atoms with Gasteiger partial charge in [-0.1, -0.05) is 25.1 Å². The van der Waals surface area contributed by atoms with Crippen LogP contribution in [-0.2, 0) is 6.54 Å². The third-order valence-corrected chi connectivity index (χ3v) is 3.52. The van der Waals surface area contributed by atoms with Crippen molar-refractivity contribution in [3.8, 4) is 11.5 Å². The summed E-state index contributed by atoms with van der Waals surface area (Å²) in [6.45, 7) is 4.43. The minimum absolute atomic E-state index is 0.210. The molecule has 3 rings (SSSR count). The Bertz CT molecular complexity index is 828. The number of aromatic nitrogens is 3. The first-order valence-corrected chi connectivity index (χ1v) is 7.99. The molecule has 0 aliphatic rings. The number of pyridine rings is 1. The third-order valence-electron chi connectivity index (χ3n) is 3.52. The molecular formula is C18H19N5O2. The van der Waals surface area contributed by atoms with Gasteiger partial charge in [-0.15, -0.1) is 0 Å². The number of urea groups is 1. The van der Waals surface area contributed by atoms with Gasteiger partial charge in [-0.3, -0.25) is 4.98 Å². The first-order valence-electron chi connectivity index (χ1n) is 7.99. The van der Waals surface area contributed by atoms with Gasteiger partial charge in [0.15, 0.2) is 5.82 Å². The normalized spacial score (nSPS) is 10.7. The number of hydrogen-bond acceptors (Lipinski definition) is 5. The second-order valence-corrected chi connectivity index (χ2v) is 5.86. The van der Waals surface area contributed by atoms with Gasteiger partial charge in [0.25, 0.3) is 5.89 Å². The monoisotopic (exact) mass is 337 g/mol. The fourth-order valence-corrected chi connectivity index (χ4v) is 2.14. The Morgan fingerprint density at radius 2 is 2.00 bits per heavy atom. The van der Waals surface area contributed by atoms with Crippen molar-refractivity contribution in [1.82, 2.24) is 20.4 Å². The number of nitrogens with zero attached hydrogens (tertiary/aromatic N) is 3. The summed E-state index contributed by atoms with van der Waals surface area (Å²) in [6.07, 6.45) is 3.41. The van der Waals surface area contributed by atoms with E-state index in [0.29, 0.717) is 23.9 Å². The number of carbonyl (C=O) groups is 1. The zero-order valence-electron chi connectivity index (χ0n) is 14.1. The van der Waals surface area contributed by atoms with Crippen molar-refractivity contribution >= 4 is 11.7 Å². The Kier molecular flexibility index (Phi) is 5.03. The van der Waals surface area contributed by atoms with Crippen molar-refractivity contribution in [2.75, 3.05) is 5.32 Å². The van der Waals surface area contributed by atoms with Crippen LogP contribution in [0.2, 0.25) is 0 Å². The van der Waals surface area contributed by atoms with Gasteiger partial charge in [-0.2, -0.15) is 4.98 Å². The molecule has 0 fully saturated rings. The van der Waals surface area contributed by atoms with E-state index >= 15 is 0 Å². The molecule has 1 aromatic carbocycles. The number of rotatable bonds is 5. The van der Waals surface area contributed by atoms with Gasteiger partial charge in [-0.25, -0.2) is 4.79 Å². The molecule has 7 heteroatoms. The molecule has 7 nitrogen and oxygen atoms in total. The van der Waals surface area contributed by atoms with Gasteiger partial charge in [0.05, 0.1) is 0 Å². The number of nitrogens with one attached hydrogen (secondary N) is 2. The van der Waals surface area contributed by atoms with Gasteiger partial charge in [0.2, 0.25) is 0 Å². The maximum Gasteiger partial charge on any atom is 0.319 e. The maximum atomic E-state index is 11.9. The molecule has 2 N–H and O–H groups in total. The van der Waals surface area contributed by atoms with Gasteiger partial charge < -0.3 is 15.2 Å². The topological polar surface area (TPSA) is 92.9 Å². The predicted octanol–water partition coefficient (Wildman–Crippen LogP) is 3.58. The van der Waals surface area contributed by atoms with Crippen molar-refractivity contribution in [1.29, 1.82) is 0 Å². The highest BCUT2D eigenvalue weighted by Crippen LogP contribution is 2.21. The highest BCUT2D eigenvalue weighted by atomic mass is 16.5. The molecule has 0 saturated carbocycles. The lowest BCUT2D eigenvalue weighted by atomic mass is 10.2. The van der Waals surface area contributed by atoms with E-state index in [-0.39, 0.29) is 11.9 Å². The second kappa shape index (κ2) is 7.57. The molecule has 0 unspecified atom stereocenters. The lowest BCUT2D eigenvalue weighted by Gasteiger charge is -2.07. The van der Waals surface area contributed by atoms with E-state index in [1.807, 2.05) is 38.1 Å². The van der Waals surface area contributed by atoms with E-state index in [9.17, 15) is 4.79 Å². The molecule has 0 radical (unpaired) electrons. The molecular weight excluding hydrogens is 318 g/mol.